The SMILES string of the molecule is C=CCO[C@@]12Oc3ccc(OCc4cccc(C)n4)cc3[C@H]3[C@H](CCCCO)[C@@H](CCCCO)C=C(C(=NOCc4ccccc4)C[C@@H]1N(CCOCCO)C(=O)C=Cc1ccc([N+](=O)[O-])cc1)[C@H]32. The summed E-state index contributed by atoms with van der Waals surface area (Å²) in [6.45, 7) is 6.61. The molecule has 69 heavy (non-hydrogen) atoms. The minimum Gasteiger partial charge on any atom is -0.487 e. The van der Waals surface area contributed by atoms with E-state index in [2.05, 4.69) is 17.6 Å². The Kier molecular flexibility index (Phi) is 18.3. The van der Waals surface area contributed by atoms with Crippen molar-refractivity contribution in [2.75, 3.05) is 46.2 Å². The number of pyridine rings is 1. The van der Waals surface area contributed by atoms with Crippen LogP contribution in [-0.4, -0.2) is 99.8 Å². The Morgan fingerprint density at radius 1 is 0.957 bits per heavy atom. The number of amides is 1. The maximum Gasteiger partial charge on any atom is 0.269 e. The number of aliphatic hydroxyl groups excluding tert-OH is 3. The zero-order valence-corrected chi connectivity index (χ0v) is 39.3. The third kappa shape index (κ3) is 12.5. The summed E-state index contributed by atoms with van der Waals surface area (Å²) < 4.78 is 26.8. The standard InChI is InChI=1S/C54H64N4O11/c1-3-30-67-54-50(57(26-31-65-32-29-61)51(62)25-20-39-18-21-43(22-19-39)58(63)64)35-48(56-68-36-40-13-5-4-6-14-40)46-33-41(15-7-9-27-59)45(17-8-10-28-60)52(53(46)54)47-34-44(23-24-49(47)69-54)66-37-42-16-11-12-38(2)55-42/h3-6,11-14,16,18-25,33-34,41,45,50,52-53,59-61H,1,7-10,15,17,26-32,35-37H2,2H3/t41-,45+,50-,52+,53+,54+/m0/s1. The lowest BCUT2D eigenvalue weighted by Gasteiger charge is -2.60. The van der Waals surface area contributed by atoms with Crippen LogP contribution in [0, 0.1) is 34.8 Å². The molecule has 0 radical (unpaired) electrons. The molecule has 3 aromatic carbocycles. The average Bonchev–Trinajstić information content (AvgIpc) is 3.36. The van der Waals surface area contributed by atoms with E-state index >= 15 is 0 Å². The van der Waals surface area contributed by atoms with Crippen molar-refractivity contribution in [1.29, 1.82) is 0 Å². The highest BCUT2D eigenvalue weighted by Crippen LogP contribution is 2.62. The number of fused-ring (bicyclic) bond motifs is 2. The van der Waals surface area contributed by atoms with Crippen molar-refractivity contribution < 1.29 is 48.8 Å². The van der Waals surface area contributed by atoms with Crippen molar-refractivity contribution in [3.8, 4) is 11.5 Å². The topological polar surface area (TPSA) is 196 Å². The third-order valence-corrected chi connectivity index (χ3v) is 13.1. The highest BCUT2D eigenvalue weighted by atomic mass is 16.7. The normalized spacial score (nSPS) is 22.0. The first-order valence-electron chi connectivity index (χ1n) is 23.9. The second-order valence-electron chi connectivity index (χ2n) is 17.6. The molecule has 1 aliphatic heterocycles. The van der Waals surface area contributed by atoms with Crippen LogP contribution in [0.3, 0.4) is 0 Å². The van der Waals surface area contributed by atoms with E-state index in [-0.39, 0.29) is 89.3 Å². The molecule has 3 N–H and O–H groups in total. The van der Waals surface area contributed by atoms with E-state index in [9.17, 15) is 30.2 Å². The van der Waals surface area contributed by atoms with Crippen LogP contribution in [0.4, 0.5) is 5.69 Å². The summed E-state index contributed by atoms with van der Waals surface area (Å²) in [5, 5.41) is 46.0. The Morgan fingerprint density at radius 2 is 1.74 bits per heavy atom. The number of hydrogen-bond donors (Lipinski definition) is 3. The van der Waals surface area contributed by atoms with Gasteiger partial charge in [-0.25, -0.2) is 0 Å². The molecule has 6 atom stereocenters. The highest BCUT2D eigenvalue weighted by molar-refractivity contribution is 6.03. The van der Waals surface area contributed by atoms with Crippen molar-refractivity contribution in [1.82, 2.24) is 9.88 Å². The fourth-order valence-electron chi connectivity index (χ4n) is 10.1. The van der Waals surface area contributed by atoms with E-state index in [1.165, 1.54) is 18.2 Å². The molecular formula is C54H64N4O11. The first kappa shape index (κ1) is 50.6. The predicted molar refractivity (Wildman–Crippen MR) is 261 cm³/mol. The Bertz CT molecular complexity index is 2430. The molecular weight excluding hydrogens is 881 g/mol. The van der Waals surface area contributed by atoms with E-state index in [4.69, 9.17) is 28.9 Å². The molecule has 0 unspecified atom stereocenters. The number of carbonyl (C=O) groups is 1. The van der Waals surface area contributed by atoms with Gasteiger partial charge in [0, 0.05) is 61.6 Å². The predicted octanol–water partition coefficient (Wildman–Crippen LogP) is 8.26. The van der Waals surface area contributed by atoms with Crippen LogP contribution < -0.4 is 9.47 Å². The second-order valence-corrected chi connectivity index (χ2v) is 17.6. The van der Waals surface area contributed by atoms with Crippen molar-refractivity contribution in [3.63, 3.8) is 0 Å². The molecule has 1 saturated carbocycles. The van der Waals surface area contributed by atoms with Crippen LogP contribution in [-0.2, 0) is 32.3 Å². The number of oxime groups is 1. The molecule has 0 saturated heterocycles. The molecule has 366 valence electrons. The first-order chi connectivity index (χ1) is 33.7. The van der Waals surface area contributed by atoms with Gasteiger partial charge in [0.1, 0.15) is 30.8 Å². The Hall–Kier alpha value is -6.23. The number of non-ortho nitro benzene ring substituents is 1. The molecule has 3 aliphatic rings. The number of unbranched alkanes of at least 4 members (excludes halogenated alkanes) is 2. The van der Waals surface area contributed by atoms with Gasteiger partial charge in [-0.05, 0) is 110 Å². The van der Waals surface area contributed by atoms with Gasteiger partial charge in [-0.15, -0.1) is 6.58 Å². The summed E-state index contributed by atoms with van der Waals surface area (Å²) >= 11 is 0. The number of aryl methyl sites for hydroxylation is 1. The highest BCUT2D eigenvalue weighted by Gasteiger charge is 2.65. The number of carbonyl (C=O) groups excluding carboxylic acids is 1. The number of aromatic nitrogens is 1. The summed E-state index contributed by atoms with van der Waals surface area (Å²) in [6.07, 6.45) is 11.5. The lowest BCUT2D eigenvalue weighted by molar-refractivity contribution is -0.384. The van der Waals surface area contributed by atoms with Gasteiger partial charge < -0.3 is 44.0 Å². The molecule has 0 bridgehead atoms. The molecule has 2 heterocycles. The summed E-state index contributed by atoms with van der Waals surface area (Å²) in [5.41, 5.74) is 5.53. The molecule has 2 aliphatic carbocycles. The monoisotopic (exact) mass is 944 g/mol. The van der Waals surface area contributed by atoms with E-state index in [0.717, 1.165) is 53.8 Å². The third-order valence-electron chi connectivity index (χ3n) is 13.1. The van der Waals surface area contributed by atoms with Crippen LogP contribution in [0.15, 0.2) is 127 Å². The molecule has 1 amide bonds. The summed E-state index contributed by atoms with van der Waals surface area (Å²) in [6, 6.07) is 26.5. The van der Waals surface area contributed by atoms with Crippen LogP contribution in [0.2, 0.25) is 0 Å². The minimum absolute atomic E-state index is 0.0146. The first-order valence-corrected chi connectivity index (χ1v) is 23.9. The largest absolute Gasteiger partial charge is 0.487 e. The molecule has 0 spiro atoms. The summed E-state index contributed by atoms with van der Waals surface area (Å²) in [7, 11) is 0. The number of ether oxygens (including phenoxy) is 4. The number of allylic oxidation sites excluding steroid dienone is 1. The van der Waals surface area contributed by atoms with Crippen LogP contribution in [0.5, 0.6) is 11.5 Å². The summed E-state index contributed by atoms with van der Waals surface area (Å²) in [4.78, 5) is 38.5. The van der Waals surface area contributed by atoms with Gasteiger partial charge in [-0.2, -0.15) is 0 Å². The van der Waals surface area contributed by atoms with E-state index in [0.29, 0.717) is 35.6 Å². The number of nitro benzene ring substituents is 1. The van der Waals surface area contributed by atoms with Crippen molar-refractivity contribution in [3.05, 3.63) is 160 Å². The maximum atomic E-state index is 15.0. The zero-order valence-electron chi connectivity index (χ0n) is 39.3. The number of aliphatic hydroxyl groups is 3. The van der Waals surface area contributed by atoms with Crippen LogP contribution in [0.1, 0.15) is 78.9 Å². The number of rotatable bonds is 26. The Morgan fingerprint density at radius 3 is 2.46 bits per heavy atom. The van der Waals surface area contributed by atoms with Gasteiger partial charge in [0.05, 0.1) is 48.7 Å². The number of nitro groups is 1. The van der Waals surface area contributed by atoms with Gasteiger partial charge in [-0.1, -0.05) is 66.5 Å². The van der Waals surface area contributed by atoms with Crippen LogP contribution in [0.25, 0.3) is 6.08 Å². The minimum atomic E-state index is -1.54. The van der Waals surface area contributed by atoms with Crippen molar-refractivity contribution in [2.45, 2.75) is 82.8 Å². The Labute approximate surface area is 403 Å². The molecule has 15 nitrogen and oxygen atoms in total. The van der Waals surface area contributed by atoms with Gasteiger partial charge in [-0.3, -0.25) is 19.9 Å². The van der Waals surface area contributed by atoms with Gasteiger partial charge in [0.25, 0.3) is 5.69 Å². The second kappa shape index (κ2) is 24.9. The van der Waals surface area contributed by atoms with Crippen molar-refractivity contribution >= 4 is 23.4 Å². The quantitative estimate of drug-likeness (QED) is 0.0180. The fourth-order valence-corrected chi connectivity index (χ4v) is 10.1. The maximum absolute atomic E-state index is 15.0. The number of nitrogens with zero attached hydrogens (tertiary/aromatic N) is 4. The van der Waals surface area contributed by atoms with E-state index in [1.54, 1.807) is 29.2 Å². The van der Waals surface area contributed by atoms with Gasteiger partial charge in [0.15, 0.2) is 0 Å². The molecule has 4 aromatic rings. The molecule has 15 heteroatoms. The van der Waals surface area contributed by atoms with Gasteiger partial charge >= 0.3 is 0 Å². The zero-order chi connectivity index (χ0) is 48.6. The van der Waals surface area contributed by atoms with Crippen molar-refractivity contribution in [2.24, 2.45) is 22.9 Å². The smallest absolute Gasteiger partial charge is 0.269 e. The Balaban J connectivity index is 1.41. The van der Waals surface area contributed by atoms with Gasteiger partial charge in [0.2, 0.25) is 11.7 Å². The number of benzene rings is 3. The molecule has 7 rings (SSSR count). The van der Waals surface area contributed by atoms with Crippen LogP contribution >= 0.6 is 0 Å². The molecule has 1 aromatic heterocycles. The average molecular weight is 945 g/mol. The van der Waals surface area contributed by atoms with E-state index in [1.807, 2.05) is 73.7 Å². The lowest BCUT2D eigenvalue weighted by Crippen LogP contribution is -2.70. The van der Waals surface area contributed by atoms with E-state index < -0.39 is 28.6 Å². The lowest BCUT2D eigenvalue weighted by atomic mass is 9.55. The fraction of sp³-hybridized carbons (Fsp3) is 0.426. The molecule has 1 fully saturated rings. The summed E-state index contributed by atoms with van der Waals surface area (Å²) in [5.74, 6) is -1.61. The number of hydrogen-bond acceptors (Lipinski definition) is 13.